The van der Waals surface area contributed by atoms with Crippen LogP contribution in [-0.2, 0) is 9.53 Å². The van der Waals surface area contributed by atoms with Gasteiger partial charge in [-0.25, -0.2) is 0 Å². The van der Waals surface area contributed by atoms with E-state index in [-0.39, 0.29) is 11.9 Å². The van der Waals surface area contributed by atoms with Crippen molar-refractivity contribution in [3.63, 3.8) is 0 Å². The Hall–Kier alpha value is -0.790. The normalized spacial score (nSPS) is 26.2. The minimum atomic E-state index is 0.0166. The summed E-state index contributed by atoms with van der Waals surface area (Å²) in [6.07, 6.45) is 9.42. The maximum atomic E-state index is 11.5. The van der Waals surface area contributed by atoms with Gasteiger partial charge in [-0.05, 0) is 51.4 Å². The fourth-order valence-electron chi connectivity index (χ4n) is 2.25. The molecule has 0 aliphatic heterocycles. The molecular weight excluding hydrogens is 188 g/mol. The molecule has 0 amide bonds. The maximum Gasteiger partial charge on any atom is 0.308 e. The number of allylic oxidation sites excluding steroid dienone is 2. The predicted octanol–water partition coefficient (Wildman–Crippen LogP) is 3.08. The van der Waals surface area contributed by atoms with Gasteiger partial charge in [0.25, 0.3) is 0 Å². The average molecular weight is 208 g/mol. The Labute approximate surface area is 91.7 Å². The number of hydrogen-bond acceptors (Lipinski definition) is 2. The third-order valence-electron chi connectivity index (χ3n) is 3.34. The minimum absolute atomic E-state index is 0.0166. The summed E-state index contributed by atoms with van der Waals surface area (Å²) >= 11 is 0. The second kappa shape index (κ2) is 4.82. The highest BCUT2D eigenvalue weighted by atomic mass is 16.5. The summed E-state index contributed by atoms with van der Waals surface area (Å²) in [4.78, 5) is 11.5. The van der Waals surface area contributed by atoms with E-state index >= 15 is 0 Å². The molecule has 0 unspecified atom stereocenters. The molecule has 0 heterocycles. The van der Waals surface area contributed by atoms with Crippen LogP contribution in [0.1, 0.15) is 45.4 Å². The number of ether oxygens (including phenoxy) is 1. The van der Waals surface area contributed by atoms with Gasteiger partial charge in [-0.15, -0.1) is 0 Å². The highest BCUT2D eigenvalue weighted by Gasteiger charge is 2.26. The zero-order valence-corrected chi connectivity index (χ0v) is 9.50. The predicted molar refractivity (Wildman–Crippen MR) is 59.4 cm³/mol. The number of hydrogen-bond donors (Lipinski definition) is 0. The second-order valence-electron chi connectivity index (χ2n) is 4.69. The first-order valence-electron chi connectivity index (χ1n) is 6.15. The van der Waals surface area contributed by atoms with E-state index in [1.54, 1.807) is 5.57 Å². The van der Waals surface area contributed by atoms with Gasteiger partial charge in [-0.3, -0.25) is 4.79 Å². The highest BCUT2D eigenvalue weighted by molar-refractivity contribution is 5.72. The fraction of sp³-hybridized carbons (Fsp3) is 0.769. The molecule has 2 aliphatic carbocycles. The summed E-state index contributed by atoms with van der Waals surface area (Å²) < 4.78 is 5.05. The zero-order chi connectivity index (χ0) is 10.7. The molecule has 2 nitrogen and oxygen atoms in total. The van der Waals surface area contributed by atoms with E-state index in [1.165, 1.54) is 12.8 Å². The molecule has 2 saturated carbocycles. The van der Waals surface area contributed by atoms with Gasteiger partial charge >= 0.3 is 5.97 Å². The molecule has 15 heavy (non-hydrogen) atoms. The molecule has 0 atom stereocenters. The summed E-state index contributed by atoms with van der Waals surface area (Å²) in [5.41, 5.74) is 1.58. The van der Waals surface area contributed by atoms with Crippen molar-refractivity contribution in [1.29, 1.82) is 0 Å². The van der Waals surface area contributed by atoms with Crippen molar-refractivity contribution >= 4 is 5.97 Å². The molecule has 0 N–H and O–H groups in total. The molecule has 0 aromatic rings. The molecule has 0 bridgehead atoms. The van der Waals surface area contributed by atoms with Gasteiger partial charge in [0.2, 0.25) is 0 Å². The molecule has 2 rings (SSSR count). The number of esters is 1. The second-order valence-corrected chi connectivity index (χ2v) is 4.69. The quantitative estimate of drug-likeness (QED) is 0.526. The largest absolute Gasteiger partial charge is 0.466 e. The maximum absolute atomic E-state index is 11.5. The first-order chi connectivity index (χ1) is 7.29. The van der Waals surface area contributed by atoms with E-state index in [1.807, 2.05) is 6.92 Å². The smallest absolute Gasteiger partial charge is 0.308 e. The van der Waals surface area contributed by atoms with E-state index in [0.29, 0.717) is 6.61 Å². The Morgan fingerprint density at radius 3 is 2.53 bits per heavy atom. The lowest BCUT2D eigenvalue weighted by Crippen LogP contribution is -2.21. The first kappa shape index (κ1) is 10.7. The van der Waals surface area contributed by atoms with Crippen molar-refractivity contribution in [1.82, 2.24) is 0 Å². The molecule has 84 valence electrons. The van der Waals surface area contributed by atoms with Crippen LogP contribution in [0.4, 0.5) is 0 Å². The highest BCUT2D eigenvalue weighted by Crippen LogP contribution is 2.36. The number of carbonyl (C=O) groups excluding carboxylic acids is 1. The van der Waals surface area contributed by atoms with Crippen LogP contribution in [0.3, 0.4) is 0 Å². The third kappa shape index (κ3) is 3.08. The van der Waals surface area contributed by atoms with Crippen molar-refractivity contribution in [2.75, 3.05) is 6.61 Å². The van der Waals surface area contributed by atoms with E-state index < -0.39 is 0 Å². The minimum Gasteiger partial charge on any atom is -0.466 e. The van der Waals surface area contributed by atoms with Crippen LogP contribution < -0.4 is 0 Å². The van der Waals surface area contributed by atoms with E-state index in [0.717, 1.165) is 31.6 Å². The lowest BCUT2D eigenvalue weighted by molar-refractivity contribution is -0.148. The lowest BCUT2D eigenvalue weighted by atomic mass is 9.85. The number of carbonyl (C=O) groups is 1. The number of rotatable bonds is 3. The zero-order valence-electron chi connectivity index (χ0n) is 9.50. The molecule has 2 heteroatoms. The van der Waals surface area contributed by atoms with Crippen molar-refractivity contribution in [3.05, 3.63) is 11.6 Å². The lowest BCUT2D eigenvalue weighted by Gasteiger charge is -2.22. The van der Waals surface area contributed by atoms with Crippen LogP contribution in [0.5, 0.6) is 0 Å². The van der Waals surface area contributed by atoms with Gasteiger partial charge in [-0.1, -0.05) is 11.6 Å². The van der Waals surface area contributed by atoms with Crippen LogP contribution in [0, 0.1) is 11.8 Å². The molecular formula is C13H20O2. The van der Waals surface area contributed by atoms with Crippen molar-refractivity contribution in [3.8, 4) is 0 Å². The molecule has 0 aromatic heterocycles. The van der Waals surface area contributed by atoms with Gasteiger partial charge < -0.3 is 4.74 Å². The third-order valence-corrected chi connectivity index (χ3v) is 3.34. The van der Waals surface area contributed by atoms with Gasteiger partial charge in [-0.2, -0.15) is 0 Å². The summed E-state index contributed by atoms with van der Waals surface area (Å²) in [5.74, 6) is 1.06. The molecule has 2 aliphatic rings. The molecule has 0 saturated heterocycles. The van der Waals surface area contributed by atoms with Crippen LogP contribution in [-0.4, -0.2) is 12.6 Å². The Morgan fingerprint density at radius 1 is 1.33 bits per heavy atom. The average Bonchev–Trinajstić information content (AvgIpc) is 3.03. The molecule has 2 fully saturated rings. The van der Waals surface area contributed by atoms with Crippen LogP contribution in [0.25, 0.3) is 0 Å². The molecule has 0 spiro atoms. The van der Waals surface area contributed by atoms with Gasteiger partial charge in [0.15, 0.2) is 0 Å². The Balaban J connectivity index is 1.78. The molecule has 0 radical (unpaired) electrons. The molecule has 0 aromatic carbocycles. The van der Waals surface area contributed by atoms with Crippen molar-refractivity contribution < 1.29 is 9.53 Å². The van der Waals surface area contributed by atoms with Gasteiger partial charge in [0, 0.05) is 0 Å². The summed E-state index contributed by atoms with van der Waals surface area (Å²) in [7, 11) is 0. The Kier molecular flexibility index (Phi) is 3.45. The van der Waals surface area contributed by atoms with Crippen LogP contribution >= 0.6 is 0 Å². The monoisotopic (exact) mass is 208 g/mol. The first-order valence-corrected chi connectivity index (χ1v) is 6.15. The van der Waals surface area contributed by atoms with Crippen molar-refractivity contribution in [2.45, 2.75) is 45.4 Å². The van der Waals surface area contributed by atoms with Crippen LogP contribution in [0.2, 0.25) is 0 Å². The summed E-state index contributed by atoms with van der Waals surface area (Å²) in [5, 5.41) is 0. The Bertz CT molecular complexity index is 254. The Morgan fingerprint density at radius 2 is 2.00 bits per heavy atom. The SMILES string of the molecule is CCOC(=O)C1CCC(=CC2CC2)CC1. The van der Waals surface area contributed by atoms with Crippen molar-refractivity contribution in [2.24, 2.45) is 11.8 Å². The van der Waals surface area contributed by atoms with Gasteiger partial charge in [0.1, 0.15) is 0 Å². The fourth-order valence-corrected chi connectivity index (χ4v) is 2.25. The topological polar surface area (TPSA) is 26.3 Å². The van der Waals surface area contributed by atoms with E-state index in [4.69, 9.17) is 4.74 Å². The van der Waals surface area contributed by atoms with Crippen LogP contribution in [0.15, 0.2) is 11.6 Å². The van der Waals surface area contributed by atoms with E-state index in [2.05, 4.69) is 6.08 Å². The standard InChI is InChI=1S/C13H20O2/c1-2-15-13(14)12-7-5-11(6-8-12)9-10-3-4-10/h9-10,12H,2-8H2,1H3. The van der Waals surface area contributed by atoms with Gasteiger partial charge in [0.05, 0.1) is 12.5 Å². The summed E-state index contributed by atoms with van der Waals surface area (Å²) in [6, 6.07) is 0. The summed E-state index contributed by atoms with van der Waals surface area (Å²) in [6.45, 7) is 2.39. The van der Waals surface area contributed by atoms with E-state index in [9.17, 15) is 4.79 Å².